The van der Waals surface area contributed by atoms with Crippen LogP contribution in [-0.4, -0.2) is 11.0 Å². The van der Waals surface area contributed by atoms with Crippen LogP contribution in [0.3, 0.4) is 0 Å². The molecule has 0 saturated carbocycles. The fourth-order valence-corrected chi connectivity index (χ4v) is 1.66. The smallest absolute Gasteiger partial charge is 0.357 e. The number of hydrogen-bond donors (Lipinski definition) is 0. The molecule has 0 spiro atoms. The Morgan fingerprint density at radius 2 is 2.06 bits per heavy atom. The lowest BCUT2D eigenvalue weighted by Gasteiger charge is -2.05. The maximum absolute atomic E-state index is 11.8. The third kappa shape index (κ3) is 3.17. The molecule has 1 heterocycles. The normalized spacial score (nSPS) is 10.1. The molecule has 0 N–H and O–H groups in total. The van der Waals surface area contributed by atoms with Crippen molar-refractivity contribution in [1.82, 2.24) is 4.98 Å². The number of hydrogen-bond acceptors (Lipinski definition) is 3. The zero-order chi connectivity index (χ0) is 13.0. The fourth-order valence-electron chi connectivity index (χ4n) is 1.45. The van der Waals surface area contributed by atoms with E-state index in [-0.39, 0.29) is 6.61 Å². The van der Waals surface area contributed by atoms with E-state index < -0.39 is 5.97 Å². The van der Waals surface area contributed by atoms with E-state index in [0.717, 1.165) is 15.6 Å². The maximum Gasteiger partial charge on any atom is 0.357 e. The van der Waals surface area contributed by atoms with Crippen LogP contribution in [0.2, 0.25) is 0 Å². The second-order valence-electron chi connectivity index (χ2n) is 3.88. The molecule has 0 unspecified atom stereocenters. The minimum atomic E-state index is -0.408. The zero-order valence-corrected chi connectivity index (χ0v) is 11.5. The molecule has 0 aliphatic rings. The molecule has 0 bridgehead atoms. The molecule has 18 heavy (non-hydrogen) atoms. The number of esters is 1. The average Bonchev–Trinajstić information content (AvgIpc) is 2.40. The first-order valence-electron chi connectivity index (χ1n) is 5.50. The van der Waals surface area contributed by atoms with Gasteiger partial charge in [-0.3, -0.25) is 0 Å². The molecule has 2 aromatic rings. The lowest BCUT2D eigenvalue weighted by Crippen LogP contribution is -2.07. The number of aryl methyl sites for hydroxylation is 1. The largest absolute Gasteiger partial charge is 0.456 e. The molecule has 1 aromatic heterocycles. The van der Waals surface area contributed by atoms with E-state index in [1.165, 1.54) is 0 Å². The van der Waals surface area contributed by atoms with Crippen LogP contribution in [-0.2, 0) is 11.3 Å². The number of halogens is 1. The third-order valence-electron chi connectivity index (χ3n) is 2.47. The first kappa shape index (κ1) is 12.8. The van der Waals surface area contributed by atoms with Gasteiger partial charge in [-0.25, -0.2) is 9.78 Å². The average molecular weight is 306 g/mol. The summed E-state index contributed by atoms with van der Waals surface area (Å²) in [5.41, 5.74) is 2.24. The standard InChI is InChI=1S/C14H12BrNO2/c1-10-7-13(16-8-12(10)15)14(17)18-9-11-5-3-2-4-6-11/h2-8H,9H2,1H3. The molecule has 2 rings (SSSR count). The Morgan fingerprint density at radius 1 is 1.33 bits per heavy atom. The minimum absolute atomic E-state index is 0.260. The predicted octanol–water partition coefficient (Wildman–Crippen LogP) is 3.51. The molecule has 4 heteroatoms. The SMILES string of the molecule is Cc1cc(C(=O)OCc2ccccc2)ncc1Br. The van der Waals surface area contributed by atoms with Crippen molar-refractivity contribution in [1.29, 1.82) is 0 Å². The Morgan fingerprint density at radius 3 is 2.72 bits per heavy atom. The van der Waals surface area contributed by atoms with E-state index in [1.807, 2.05) is 37.3 Å². The van der Waals surface area contributed by atoms with Crippen LogP contribution in [0, 0.1) is 6.92 Å². The lowest BCUT2D eigenvalue weighted by atomic mass is 10.2. The summed E-state index contributed by atoms with van der Waals surface area (Å²) in [6, 6.07) is 11.3. The van der Waals surface area contributed by atoms with Gasteiger partial charge in [0.25, 0.3) is 0 Å². The van der Waals surface area contributed by atoms with Gasteiger partial charge in [-0.2, -0.15) is 0 Å². The first-order valence-corrected chi connectivity index (χ1v) is 6.29. The zero-order valence-electron chi connectivity index (χ0n) is 9.89. The second kappa shape index (κ2) is 5.78. The summed E-state index contributed by atoms with van der Waals surface area (Å²) in [4.78, 5) is 15.8. The number of carbonyl (C=O) groups is 1. The quantitative estimate of drug-likeness (QED) is 0.815. The van der Waals surface area contributed by atoms with Crippen LogP contribution < -0.4 is 0 Å². The summed E-state index contributed by atoms with van der Waals surface area (Å²) < 4.78 is 6.07. The van der Waals surface area contributed by atoms with E-state index in [2.05, 4.69) is 20.9 Å². The molecule has 0 radical (unpaired) electrons. The molecule has 0 aliphatic heterocycles. The van der Waals surface area contributed by atoms with E-state index in [0.29, 0.717) is 5.69 Å². The maximum atomic E-state index is 11.8. The molecule has 0 atom stereocenters. The second-order valence-corrected chi connectivity index (χ2v) is 4.73. The van der Waals surface area contributed by atoms with Crippen molar-refractivity contribution >= 4 is 21.9 Å². The highest BCUT2D eigenvalue weighted by Gasteiger charge is 2.10. The van der Waals surface area contributed by atoms with Crippen LogP contribution in [0.4, 0.5) is 0 Å². The summed E-state index contributed by atoms with van der Waals surface area (Å²) in [7, 11) is 0. The third-order valence-corrected chi connectivity index (χ3v) is 3.30. The van der Waals surface area contributed by atoms with E-state index >= 15 is 0 Å². The first-order chi connectivity index (χ1) is 8.66. The van der Waals surface area contributed by atoms with Gasteiger partial charge in [-0.1, -0.05) is 30.3 Å². The summed E-state index contributed by atoms with van der Waals surface area (Å²) >= 11 is 3.34. The Bertz CT molecular complexity index is 555. The molecular weight excluding hydrogens is 294 g/mol. The van der Waals surface area contributed by atoms with Gasteiger partial charge < -0.3 is 4.74 Å². The van der Waals surface area contributed by atoms with E-state index in [9.17, 15) is 4.79 Å². The highest BCUT2D eigenvalue weighted by molar-refractivity contribution is 9.10. The van der Waals surface area contributed by atoms with Crippen molar-refractivity contribution in [3.8, 4) is 0 Å². The number of rotatable bonds is 3. The van der Waals surface area contributed by atoms with Gasteiger partial charge in [0.05, 0.1) is 0 Å². The lowest BCUT2D eigenvalue weighted by molar-refractivity contribution is 0.0465. The summed E-state index contributed by atoms with van der Waals surface area (Å²) in [5.74, 6) is -0.408. The Balaban J connectivity index is 2.02. The Kier molecular flexibility index (Phi) is 4.10. The van der Waals surface area contributed by atoms with Crippen LogP contribution >= 0.6 is 15.9 Å². The molecule has 0 aliphatic carbocycles. The number of ether oxygens (including phenoxy) is 1. The topological polar surface area (TPSA) is 39.2 Å². The van der Waals surface area contributed by atoms with Crippen molar-refractivity contribution in [2.45, 2.75) is 13.5 Å². The molecular formula is C14H12BrNO2. The monoisotopic (exact) mass is 305 g/mol. The van der Waals surface area contributed by atoms with Crippen LogP contribution in [0.15, 0.2) is 47.1 Å². The molecule has 0 saturated heterocycles. The van der Waals surface area contributed by atoms with E-state index in [1.54, 1.807) is 12.3 Å². The summed E-state index contributed by atoms with van der Waals surface area (Å²) in [5, 5.41) is 0. The molecule has 0 fully saturated rings. The van der Waals surface area contributed by atoms with Crippen LogP contribution in [0.5, 0.6) is 0 Å². The summed E-state index contributed by atoms with van der Waals surface area (Å²) in [6.07, 6.45) is 1.61. The van der Waals surface area contributed by atoms with Crippen molar-refractivity contribution in [2.75, 3.05) is 0 Å². The van der Waals surface area contributed by atoms with Crippen LogP contribution in [0.1, 0.15) is 21.6 Å². The van der Waals surface area contributed by atoms with Gasteiger partial charge >= 0.3 is 5.97 Å². The predicted molar refractivity (Wildman–Crippen MR) is 72.2 cm³/mol. The number of nitrogens with zero attached hydrogens (tertiary/aromatic N) is 1. The molecule has 1 aromatic carbocycles. The highest BCUT2D eigenvalue weighted by Crippen LogP contribution is 2.15. The van der Waals surface area contributed by atoms with Gasteiger partial charge in [0, 0.05) is 10.7 Å². The summed E-state index contributed by atoms with van der Waals surface area (Å²) in [6.45, 7) is 2.16. The van der Waals surface area contributed by atoms with Crippen LogP contribution in [0.25, 0.3) is 0 Å². The van der Waals surface area contributed by atoms with Gasteiger partial charge in [0.1, 0.15) is 12.3 Å². The van der Waals surface area contributed by atoms with Gasteiger partial charge in [0.15, 0.2) is 0 Å². The van der Waals surface area contributed by atoms with Gasteiger partial charge in [0.2, 0.25) is 0 Å². The van der Waals surface area contributed by atoms with E-state index in [4.69, 9.17) is 4.74 Å². The molecule has 92 valence electrons. The number of aromatic nitrogens is 1. The fraction of sp³-hybridized carbons (Fsp3) is 0.143. The van der Waals surface area contributed by atoms with Crippen molar-refractivity contribution in [3.05, 3.63) is 63.9 Å². The Hall–Kier alpha value is -1.68. The van der Waals surface area contributed by atoms with Crippen molar-refractivity contribution in [2.24, 2.45) is 0 Å². The molecule has 0 amide bonds. The number of carbonyl (C=O) groups excluding carboxylic acids is 1. The van der Waals surface area contributed by atoms with Gasteiger partial charge in [-0.15, -0.1) is 0 Å². The minimum Gasteiger partial charge on any atom is -0.456 e. The van der Waals surface area contributed by atoms with Gasteiger partial charge in [-0.05, 0) is 40.0 Å². The highest BCUT2D eigenvalue weighted by atomic mass is 79.9. The molecule has 3 nitrogen and oxygen atoms in total. The number of pyridine rings is 1. The number of benzene rings is 1. The van der Waals surface area contributed by atoms with Crippen molar-refractivity contribution in [3.63, 3.8) is 0 Å². The Labute approximate surface area is 114 Å². The van der Waals surface area contributed by atoms with Crippen molar-refractivity contribution < 1.29 is 9.53 Å².